The second kappa shape index (κ2) is 7.43. The summed E-state index contributed by atoms with van der Waals surface area (Å²) in [5.41, 5.74) is 0.218. The van der Waals surface area contributed by atoms with Crippen LogP contribution in [0.1, 0.15) is 12.6 Å². The SMILES string of the molecule is CCn1nc(C)c([N+](=O)[O-])c1NCC(=O)NCCOC. The second-order valence-electron chi connectivity index (χ2n) is 4.05. The zero-order chi connectivity index (χ0) is 15.1. The van der Waals surface area contributed by atoms with Crippen molar-refractivity contribution in [1.82, 2.24) is 15.1 Å². The lowest BCUT2D eigenvalue weighted by Gasteiger charge is -2.08. The van der Waals surface area contributed by atoms with Crippen LogP contribution >= 0.6 is 0 Å². The van der Waals surface area contributed by atoms with Crippen LogP contribution in [0.3, 0.4) is 0 Å². The molecule has 0 aliphatic carbocycles. The molecule has 0 fully saturated rings. The molecule has 0 bridgehead atoms. The number of anilines is 1. The van der Waals surface area contributed by atoms with E-state index < -0.39 is 4.92 Å². The van der Waals surface area contributed by atoms with E-state index in [1.807, 2.05) is 6.92 Å². The van der Waals surface area contributed by atoms with Gasteiger partial charge in [-0.25, -0.2) is 4.68 Å². The van der Waals surface area contributed by atoms with Crippen molar-refractivity contribution >= 4 is 17.4 Å². The number of hydrogen-bond acceptors (Lipinski definition) is 6. The summed E-state index contributed by atoms with van der Waals surface area (Å²) >= 11 is 0. The Labute approximate surface area is 116 Å². The van der Waals surface area contributed by atoms with Crippen molar-refractivity contribution < 1.29 is 14.5 Å². The summed E-state index contributed by atoms with van der Waals surface area (Å²) < 4.78 is 6.28. The van der Waals surface area contributed by atoms with Gasteiger partial charge in [0.15, 0.2) is 0 Å². The van der Waals surface area contributed by atoms with E-state index in [9.17, 15) is 14.9 Å². The van der Waals surface area contributed by atoms with E-state index in [4.69, 9.17) is 4.74 Å². The molecular formula is C11H19N5O4. The highest BCUT2D eigenvalue weighted by atomic mass is 16.6. The predicted molar refractivity (Wildman–Crippen MR) is 72.7 cm³/mol. The van der Waals surface area contributed by atoms with Gasteiger partial charge in [0.25, 0.3) is 0 Å². The fraction of sp³-hybridized carbons (Fsp3) is 0.636. The predicted octanol–water partition coefficient (Wildman–Crippen LogP) is 0.294. The van der Waals surface area contributed by atoms with Crippen LogP contribution in [0.5, 0.6) is 0 Å². The van der Waals surface area contributed by atoms with Gasteiger partial charge in [0.05, 0.1) is 18.1 Å². The molecule has 1 heterocycles. The van der Waals surface area contributed by atoms with Crippen LogP contribution in [0.2, 0.25) is 0 Å². The summed E-state index contributed by atoms with van der Waals surface area (Å²) in [6.07, 6.45) is 0. The van der Waals surface area contributed by atoms with E-state index in [1.54, 1.807) is 6.92 Å². The monoisotopic (exact) mass is 285 g/mol. The van der Waals surface area contributed by atoms with Crippen LogP contribution in [-0.2, 0) is 16.1 Å². The number of carbonyl (C=O) groups excluding carboxylic acids is 1. The average Bonchev–Trinajstić information content (AvgIpc) is 2.72. The molecule has 9 nitrogen and oxygen atoms in total. The van der Waals surface area contributed by atoms with Gasteiger partial charge in [-0.05, 0) is 13.8 Å². The third-order valence-electron chi connectivity index (χ3n) is 2.62. The molecule has 0 atom stereocenters. The van der Waals surface area contributed by atoms with Gasteiger partial charge in [0.2, 0.25) is 11.7 Å². The minimum atomic E-state index is -0.500. The van der Waals surface area contributed by atoms with Crippen LogP contribution in [0.25, 0.3) is 0 Å². The first-order valence-corrected chi connectivity index (χ1v) is 6.22. The lowest BCUT2D eigenvalue weighted by Crippen LogP contribution is -2.32. The van der Waals surface area contributed by atoms with Crippen molar-refractivity contribution in [2.24, 2.45) is 0 Å². The molecule has 1 amide bonds. The minimum Gasteiger partial charge on any atom is -0.383 e. The average molecular weight is 285 g/mol. The fourth-order valence-electron chi connectivity index (χ4n) is 1.71. The van der Waals surface area contributed by atoms with E-state index in [0.29, 0.717) is 25.4 Å². The number of nitrogens with one attached hydrogen (secondary N) is 2. The fourth-order valence-corrected chi connectivity index (χ4v) is 1.71. The number of amides is 1. The maximum absolute atomic E-state index is 11.6. The summed E-state index contributed by atoms with van der Waals surface area (Å²) in [7, 11) is 1.54. The number of ether oxygens (including phenoxy) is 1. The molecule has 0 aliphatic heterocycles. The number of rotatable bonds is 8. The Hall–Kier alpha value is -2.16. The maximum atomic E-state index is 11.6. The molecule has 20 heavy (non-hydrogen) atoms. The first-order valence-electron chi connectivity index (χ1n) is 6.22. The number of aryl methyl sites for hydroxylation is 2. The largest absolute Gasteiger partial charge is 0.383 e. The number of aromatic nitrogens is 2. The van der Waals surface area contributed by atoms with Crippen molar-refractivity contribution in [2.45, 2.75) is 20.4 Å². The van der Waals surface area contributed by atoms with Gasteiger partial charge < -0.3 is 15.4 Å². The normalized spacial score (nSPS) is 10.3. The molecule has 0 unspecified atom stereocenters. The maximum Gasteiger partial charge on any atom is 0.333 e. The summed E-state index contributed by atoms with van der Waals surface area (Å²) in [5, 5.41) is 20.5. The number of carbonyl (C=O) groups is 1. The van der Waals surface area contributed by atoms with Gasteiger partial charge >= 0.3 is 5.69 Å². The molecule has 0 aromatic carbocycles. The van der Waals surface area contributed by atoms with Crippen LogP contribution in [0.15, 0.2) is 0 Å². The van der Waals surface area contributed by atoms with Gasteiger partial charge in [0, 0.05) is 20.2 Å². The third kappa shape index (κ3) is 3.92. The molecule has 1 aromatic rings. The first-order chi connectivity index (χ1) is 9.51. The Morgan fingerprint density at radius 1 is 1.55 bits per heavy atom. The zero-order valence-electron chi connectivity index (χ0n) is 11.8. The molecular weight excluding hydrogens is 266 g/mol. The van der Waals surface area contributed by atoms with Crippen molar-refractivity contribution in [2.75, 3.05) is 32.1 Å². The number of nitro groups is 1. The third-order valence-corrected chi connectivity index (χ3v) is 2.62. The van der Waals surface area contributed by atoms with Crippen LogP contribution in [-0.4, -0.2) is 47.4 Å². The van der Waals surface area contributed by atoms with E-state index in [1.165, 1.54) is 11.8 Å². The Balaban J connectivity index is 2.71. The molecule has 0 saturated heterocycles. The standard InChI is InChI=1S/C11H19N5O4/c1-4-15-11(10(16(18)19)8(2)14-15)13-7-9(17)12-5-6-20-3/h13H,4-7H2,1-3H3,(H,12,17). The Kier molecular flexibility index (Phi) is 5.91. The smallest absolute Gasteiger partial charge is 0.333 e. The molecule has 0 radical (unpaired) electrons. The van der Waals surface area contributed by atoms with Crippen LogP contribution < -0.4 is 10.6 Å². The van der Waals surface area contributed by atoms with Gasteiger partial charge in [-0.15, -0.1) is 0 Å². The van der Waals surface area contributed by atoms with Gasteiger partial charge in [-0.1, -0.05) is 0 Å². The highest BCUT2D eigenvalue weighted by Gasteiger charge is 2.24. The number of methoxy groups -OCH3 is 1. The summed E-state index contributed by atoms with van der Waals surface area (Å²) in [6, 6.07) is 0. The van der Waals surface area contributed by atoms with Gasteiger partial charge in [0.1, 0.15) is 5.69 Å². The summed E-state index contributed by atoms with van der Waals surface area (Å²) in [5.74, 6) is -0.0188. The molecule has 9 heteroatoms. The van der Waals surface area contributed by atoms with Crippen LogP contribution in [0, 0.1) is 17.0 Å². The highest BCUT2D eigenvalue weighted by molar-refractivity contribution is 5.81. The van der Waals surface area contributed by atoms with Crippen molar-refractivity contribution in [1.29, 1.82) is 0 Å². The highest BCUT2D eigenvalue weighted by Crippen LogP contribution is 2.27. The number of nitrogens with zero attached hydrogens (tertiary/aromatic N) is 3. The van der Waals surface area contributed by atoms with Crippen molar-refractivity contribution in [3.63, 3.8) is 0 Å². The molecule has 112 valence electrons. The molecule has 1 rings (SSSR count). The van der Waals surface area contributed by atoms with Crippen LogP contribution in [0.4, 0.5) is 11.5 Å². The summed E-state index contributed by atoms with van der Waals surface area (Å²) in [4.78, 5) is 22.1. The topological polar surface area (TPSA) is 111 Å². The Bertz CT molecular complexity index is 485. The molecule has 0 spiro atoms. The molecule has 1 aromatic heterocycles. The van der Waals surface area contributed by atoms with Crippen molar-refractivity contribution in [3.8, 4) is 0 Å². The Morgan fingerprint density at radius 3 is 2.80 bits per heavy atom. The number of hydrogen-bond donors (Lipinski definition) is 2. The quantitative estimate of drug-likeness (QED) is 0.403. The van der Waals surface area contributed by atoms with E-state index in [-0.39, 0.29) is 24.0 Å². The second-order valence-corrected chi connectivity index (χ2v) is 4.05. The van der Waals surface area contributed by atoms with E-state index in [2.05, 4.69) is 15.7 Å². The lowest BCUT2D eigenvalue weighted by atomic mass is 10.4. The van der Waals surface area contributed by atoms with Gasteiger partial charge in [-0.2, -0.15) is 5.10 Å². The lowest BCUT2D eigenvalue weighted by molar-refractivity contribution is -0.384. The first kappa shape index (κ1) is 15.9. The van der Waals surface area contributed by atoms with E-state index in [0.717, 1.165) is 0 Å². The molecule has 0 saturated carbocycles. The van der Waals surface area contributed by atoms with E-state index >= 15 is 0 Å². The van der Waals surface area contributed by atoms with Gasteiger partial charge in [-0.3, -0.25) is 14.9 Å². The zero-order valence-corrected chi connectivity index (χ0v) is 11.8. The molecule has 2 N–H and O–H groups in total. The van der Waals surface area contributed by atoms with Crippen molar-refractivity contribution in [3.05, 3.63) is 15.8 Å². The molecule has 0 aliphatic rings. The minimum absolute atomic E-state index is 0.0598. The summed E-state index contributed by atoms with van der Waals surface area (Å²) in [6.45, 7) is 4.61. The Morgan fingerprint density at radius 2 is 2.25 bits per heavy atom.